The van der Waals surface area contributed by atoms with Gasteiger partial charge >= 0.3 is 0 Å². The highest BCUT2D eigenvalue weighted by Gasteiger charge is 2.31. The number of carbonyl (C=O) groups is 1. The van der Waals surface area contributed by atoms with Gasteiger partial charge in [-0.3, -0.25) is 9.69 Å². The Morgan fingerprint density at radius 1 is 1.29 bits per heavy atom. The van der Waals surface area contributed by atoms with E-state index in [1.165, 1.54) is 6.92 Å². The van der Waals surface area contributed by atoms with Crippen LogP contribution in [-0.2, 0) is 26.0 Å². The van der Waals surface area contributed by atoms with Gasteiger partial charge in [0.25, 0.3) is 0 Å². The van der Waals surface area contributed by atoms with E-state index >= 15 is 0 Å². The smallest absolute Gasteiger partial charge is 0.240 e. The summed E-state index contributed by atoms with van der Waals surface area (Å²) >= 11 is 0. The molecule has 156 valence electrons. The zero-order valence-corrected chi connectivity index (χ0v) is 18.0. The number of nitrogens with one attached hydrogen (secondary N) is 1. The van der Waals surface area contributed by atoms with E-state index in [4.69, 9.17) is 4.74 Å². The van der Waals surface area contributed by atoms with Crippen LogP contribution in [0.5, 0.6) is 0 Å². The Labute approximate surface area is 168 Å². The van der Waals surface area contributed by atoms with Gasteiger partial charge in [0.15, 0.2) is 0 Å². The molecule has 2 atom stereocenters. The van der Waals surface area contributed by atoms with Gasteiger partial charge in [0.05, 0.1) is 18.1 Å². The summed E-state index contributed by atoms with van der Waals surface area (Å²) in [4.78, 5) is 16.2. The molecule has 0 radical (unpaired) electrons. The standard InChI is InChI=1S/C20H31N3O4S/c1-14(2)20(22-7-9-27-10-8-22)13-21-28(25,26)18-5-6-19-17(12-18)11-15(3)23(19)16(4)24/h5-6,12,14-15,20-21H,7-11,13H2,1-4H3. The molecular formula is C20H31N3O4S. The number of morpholine rings is 1. The van der Waals surface area contributed by atoms with Gasteiger partial charge in [-0.15, -0.1) is 0 Å². The number of hydrogen-bond donors (Lipinski definition) is 1. The number of ether oxygens (including phenoxy) is 1. The SMILES string of the molecule is CC(=O)N1c2ccc(S(=O)(=O)NCC(C(C)C)N3CCOCC3)cc2CC1C. The maximum absolute atomic E-state index is 12.9. The van der Waals surface area contributed by atoms with Gasteiger partial charge in [-0.2, -0.15) is 0 Å². The Morgan fingerprint density at radius 2 is 1.96 bits per heavy atom. The Hall–Kier alpha value is -1.48. The van der Waals surface area contributed by atoms with E-state index < -0.39 is 10.0 Å². The number of fused-ring (bicyclic) bond motifs is 1. The van der Waals surface area contributed by atoms with E-state index in [1.54, 1.807) is 23.1 Å². The minimum absolute atomic E-state index is 0.0229. The van der Waals surface area contributed by atoms with Crippen LogP contribution >= 0.6 is 0 Å². The monoisotopic (exact) mass is 409 g/mol. The summed E-state index contributed by atoms with van der Waals surface area (Å²) in [6.07, 6.45) is 0.667. The predicted octanol–water partition coefficient (Wildman–Crippen LogP) is 1.62. The maximum atomic E-state index is 12.9. The molecule has 1 N–H and O–H groups in total. The number of hydrogen-bond acceptors (Lipinski definition) is 5. The molecule has 1 aromatic rings. The molecule has 28 heavy (non-hydrogen) atoms. The third-order valence-electron chi connectivity index (χ3n) is 5.68. The van der Waals surface area contributed by atoms with Crippen molar-refractivity contribution in [2.24, 2.45) is 5.92 Å². The van der Waals surface area contributed by atoms with Crippen LogP contribution in [0.4, 0.5) is 5.69 Å². The summed E-state index contributed by atoms with van der Waals surface area (Å²) < 4.78 is 34.0. The van der Waals surface area contributed by atoms with Gasteiger partial charge in [0, 0.05) is 44.3 Å². The Bertz CT molecular complexity index is 819. The molecule has 3 rings (SSSR count). The zero-order chi connectivity index (χ0) is 20.5. The highest BCUT2D eigenvalue weighted by molar-refractivity contribution is 7.89. The van der Waals surface area contributed by atoms with Gasteiger partial charge in [-0.05, 0) is 43.0 Å². The lowest BCUT2D eigenvalue weighted by molar-refractivity contribution is -0.116. The van der Waals surface area contributed by atoms with Crippen LogP contribution in [0.25, 0.3) is 0 Å². The largest absolute Gasteiger partial charge is 0.379 e. The summed E-state index contributed by atoms with van der Waals surface area (Å²) in [6, 6.07) is 5.22. The van der Waals surface area contributed by atoms with Crippen molar-refractivity contribution in [2.45, 2.75) is 51.1 Å². The van der Waals surface area contributed by atoms with Crippen LogP contribution in [0, 0.1) is 5.92 Å². The van der Waals surface area contributed by atoms with Crippen molar-refractivity contribution >= 4 is 21.6 Å². The molecule has 1 saturated heterocycles. The number of sulfonamides is 1. The van der Waals surface area contributed by atoms with Crippen LogP contribution in [0.3, 0.4) is 0 Å². The van der Waals surface area contributed by atoms with E-state index in [0.717, 1.165) is 24.3 Å². The van der Waals surface area contributed by atoms with Crippen LogP contribution in [-0.4, -0.2) is 64.2 Å². The summed E-state index contributed by atoms with van der Waals surface area (Å²) in [6.45, 7) is 11.1. The number of carbonyl (C=O) groups excluding carboxylic acids is 1. The van der Waals surface area contributed by atoms with E-state index in [-0.39, 0.29) is 22.9 Å². The van der Waals surface area contributed by atoms with Crippen molar-refractivity contribution in [1.82, 2.24) is 9.62 Å². The lowest BCUT2D eigenvalue weighted by Gasteiger charge is -2.36. The molecule has 2 heterocycles. The average Bonchev–Trinajstić information content (AvgIpc) is 2.97. The minimum atomic E-state index is -3.62. The fourth-order valence-corrected chi connectivity index (χ4v) is 5.33. The molecule has 2 aliphatic heterocycles. The second-order valence-corrected chi connectivity index (χ2v) is 9.81. The number of benzene rings is 1. The van der Waals surface area contributed by atoms with Gasteiger partial charge in [0.1, 0.15) is 0 Å². The van der Waals surface area contributed by atoms with Gasteiger partial charge in [0.2, 0.25) is 15.9 Å². The predicted molar refractivity (Wildman–Crippen MR) is 109 cm³/mol. The molecule has 1 aromatic carbocycles. The highest BCUT2D eigenvalue weighted by atomic mass is 32.2. The van der Waals surface area contributed by atoms with Crippen LogP contribution < -0.4 is 9.62 Å². The first-order valence-corrected chi connectivity index (χ1v) is 11.4. The van der Waals surface area contributed by atoms with E-state index in [1.807, 2.05) is 6.92 Å². The van der Waals surface area contributed by atoms with E-state index in [2.05, 4.69) is 23.5 Å². The number of rotatable bonds is 6. The maximum Gasteiger partial charge on any atom is 0.240 e. The first-order chi connectivity index (χ1) is 13.2. The van der Waals surface area contributed by atoms with Crippen LogP contribution in [0.1, 0.15) is 33.3 Å². The molecule has 7 nitrogen and oxygen atoms in total. The Morgan fingerprint density at radius 3 is 2.57 bits per heavy atom. The summed E-state index contributed by atoms with van der Waals surface area (Å²) in [5.41, 5.74) is 1.71. The molecular weight excluding hydrogens is 378 g/mol. The topological polar surface area (TPSA) is 79.0 Å². The summed E-state index contributed by atoms with van der Waals surface area (Å²) in [7, 11) is -3.62. The van der Waals surface area contributed by atoms with Crippen LogP contribution in [0.2, 0.25) is 0 Å². The molecule has 0 spiro atoms. The van der Waals surface area contributed by atoms with Crippen molar-refractivity contribution in [3.8, 4) is 0 Å². The molecule has 8 heteroatoms. The number of amides is 1. The third-order valence-corrected chi connectivity index (χ3v) is 7.10. The second-order valence-electron chi connectivity index (χ2n) is 8.04. The van der Waals surface area contributed by atoms with Crippen molar-refractivity contribution in [3.05, 3.63) is 23.8 Å². The molecule has 2 unspecified atom stereocenters. The van der Waals surface area contributed by atoms with Gasteiger partial charge in [-0.25, -0.2) is 13.1 Å². The fourth-order valence-electron chi connectivity index (χ4n) is 4.23. The first kappa shape index (κ1) is 21.2. The van der Waals surface area contributed by atoms with E-state index in [9.17, 15) is 13.2 Å². The van der Waals surface area contributed by atoms with Gasteiger partial charge in [-0.1, -0.05) is 13.8 Å². The van der Waals surface area contributed by atoms with Crippen molar-refractivity contribution in [2.75, 3.05) is 37.7 Å². The molecule has 0 bridgehead atoms. The molecule has 2 aliphatic rings. The number of nitrogens with zero attached hydrogens (tertiary/aromatic N) is 2. The van der Waals surface area contributed by atoms with Crippen LogP contribution in [0.15, 0.2) is 23.1 Å². The number of anilines is 1. The normalized spacial score (nSPS) is 21.8. The quantitative estimate of drug-likeness (QED) is 0.772. The average molecular weight is 410 g/mol. The lowest BCUT2D eigenvalue weighted by Crippen LogP contribution is -2.51. The van der Waals surface area contributed by atoms with Crippen molar-refractivity contribution < 1.29 is 17.9 Å². The van der Waals surface area contributed by atoms with Gasteiger partial charge < -0.3 is 9.64 Å². The van der Waals surface area contributed by atoms with E-state index in [0.29, 0.717) is 32.1 Å². The molecule has 0 aromatic heterocycles. The molecule has 0 aliphatic carbocycles. The zero-order valence-electron chi connectivity index (χ0n) is 17.1. The fraction of sp³-hybridized carbons (Fsp3) is 0.650. The van der Waals surface area contributed by atoms with Crippen molar-refractivity contribution in [3.63, 3.8) is 0 Å². The minimum Gasteiger partial charge on any atom is -0.379 e. The summed E-state index contributed by atoms with van der Waals surface area (Å²) in [5, 5.41) is 0. The second kappa shape index (κ2) is 8.49. The Kier molecular flexibility index (Phi) is 6.44. The third kappa shape index (κ3) is 4.40. The molecule has 1 amide bonds. The molecule has 1 fully saturated rings. The Balaban J connectivity index is 1.74. The molecule has 0 saturated carbocycles. The highest BCUT2D eigenvalue weighted by Crippen LogP contribution is 2.33. The lowest BCUT2D eigenvalue weighted by atomic mass is 10.0. The summed E-state index contributed by atoms with van der Waals surface area (Å²) in [5.74, 6) is 0.302. The first-order valence-electron chi connectivity index (χ1n) is 9.95. The van der Waals surface area contributed by atoms with Crippen molar-refractivity contribution in [1.29, 1.82) is 0 Å².